The second-order valence-electron chi connectivity index (χ2n) is 6.07. The van der Waals surface area contributed by atoms with Gasteiger partial charge in [-0.1, -0.05) is 24.3 Å². The molecule has 0 atom stereocenters. The van der Waals surface area contributed by atoms with Gasteiger partial charge in [-0.3, -0.25) is 4.90 Å². The van der Waals surface area contributed by atoms with Gasteiger partial charge in [0.1, 0.15) is 5.82 Å². The lowest BCUT2D eigenvalue weighted by Crippen LogP contribution is -2.42. The fourth-order valence-electron chi connectivity index (χ4n) is 3.07. The molecule has 23 heavy (non-hydrogen) atoms. The molecule has 1 aliphatic rings. The first kappa shape index (κ1) is 16.1. The monoisotopic (exact) mass is 313 g/mol. The van der Waals surface area contributed by atoms with Gasteiger partial charge in [0, 0.05) is 44.8 Å². The maximum absolute atomic E-state index is 14.2. The van der Waals surface area contributed by atoms with E-state index in [-0.39, 0.29) is 5.82 Å². The van der Waals surface area contributed by atoms with Crippen molar-refractivity contribution in [3.63, 3.8) is 0 Å². The summed E-state index contributed by atoms with van der Waals surface area (Å²) in [5.41, 5.74) is 3.97. The van der Waals surface area contributed by atoms with Crippen LogP contribution in [0.25, 0.3) is 11.1 Å². The molecule has 0 spiro atoms. The topological polar surface area (TPSA) is 27.3 Å². The Hall–Kier alpha value is -1.75. The second kappa shape index (κ2) is 7.68. The normalized spacial score (nSPS) is 15.7. The Morgan fingerprint density at radius 1 is 1.09 bits per heavy atom. The third-order valence-electron chi connectivity index (χ3n) is 4.27. The van der Waals surface area contributed by atoms with E-state index in [0.717, 1.165) is 50.4 Å². The molecule has 122 valence electrons. The zero-order valence-corrected chi connectivity index (χ0v) is 13.6. The van der Waals surface area contributed by atoms with Gasteiger partial charge in [0.05, 0.1) is 0 Å². The molecular weight excluding hydrogens is 289 g/mol. The molecule has 3 nitrogen and oxygen atoms in total. The summed E-state index contributed by atoms with van der Waals surface area (Å²) >= 11 is 0. The van der Waals surface area contributed by atoms with Crippen molar-refractivity contribution in [2.75, 3.05) is 33.2 Å². The molecular formula is C19H24FN3. The minimum absolute atomic E-state index is 0.163. The number of piperazine rings is 1. The van der Waals surface area contributed by atoms with E-state index in [1.54, 1.807) is 6.07 Å². The van der Waals surface area contributed by atoms with Crippen LogP contribution in [0.3, 0.4) is 0 Å². The second-order valence-corrected chi connectivity index (χ2v) is 6.07. The van der Waals surface area contributed by atoms with E-state index < -0.39 is 0 Å². The minimum Gasteiger partial charge on any atom is -0.316 e. The summed E-state index contributed by atoms with van der Waals surface area (Å²) in [5.74, 6) is -0.163. The molecule has 0 amide bonds. The molecule has 0 saturated carbocycles. The first-order valence-electron chi connectivity index (χ1n) is 8.21. The smallest absolute Gasteiger partial charge is 0.131 e. The summed E-state index contributed by atoms with van der Waals surface area (Å²) in [6.07, 6.45) is 0. The molecule has 0 unspecified atom stereocenters. The maximum Gasteiger partial charge on any atom is 0.131 e. The van der Waals surface area contributed by atoms with Gasteiger partial charge in [-0.25, -0.2) is 4.39 Å². The van der Waals surface area contributed by atoms with Crippen LogP contribution in [0.5, 0.6) is 0 Å². The summed E-state index contributed by atoms with van der Waals surface area (Å²) in [4.78, 5) is 2.43. The highest BCUT2D eigenvalue weighted by Gasteiger charge is 2.11. The lowest BCUT2D eigenvalue weighted by Gasteiger charge is -2.27. The quantitative estimate of drug-likeness (QED) is 0.888. The summed E-state index contributed by atoms with van der Waals surface area (Å²) < 4.78 is 14.2. The lowest BCUT2D eigenvalue weighted by atomic mass is 10.00. The third-order valence-corrected chi connectivity index (χ3v) is 4.27. The van der Waals surface area contributed by atoms with Crippen LogP contribution in [0.1, 0.15) is 11.1 Å². The average Bonchev–Trinajstić information content (AvgIpc) is 2.58. The van der Waals surface area contributed by atoms with E-state index in [0.29, 0.717) is 5.56 Å². The molecule has 0 aliphatic carbocycles. The van der Waals surface area contributed by atoms with Crippen LogP contribution < -0.4 is 10.6 Å². The molecule has 4 heteroatoms. The molecule has 0 aromatic heterocycles. The van der Waals surface area contributed by atoms with Crippen LogP contribution in [-0.4, -0.2) is 38.1 Å². The first-order valence-corrected chi connectivity index (χ1v) is 8.21. The molecule has 3 rings (SSSR count). The molecule has 2 aromatic carbocycles. The molecule has 2 aromatic rings. The molecule has 1 heterocycles. The van der Waals surface area contributed by atoms with Crippen LogP contribution in [0.4, 0.5) is 4.39 Å². The van der Waals surface area contributed by atoms with Crippen LogP contribution >= 0.6 is 0 Å². The van der Waals surface area contributed by atoms with Crippen LogP contribution in [0.15, 0.2) is 42.5 Å². The maximum atomic E-state index is 14.2. The number of nitrogens with zero attached hydrogens (tertiary/aromatic N) is 1. The minimum atomic E-state index is -0.163. The van der Waals surface area contributed by atoms with Gasteiger partial charge in [0.15, 0.2) is 0 Å². The third kappa shape index (κ3) is 4.16. The van der Waals surface area contributed by atoms with Gasteiger partial charge in [0.25, 0.3) is 0 Å². The number of benzene rings is 2. The number of hydrogen-bond acceptors (Lipinski definition) is 3. The average molecular weight is 313 g/mol. The van der Waals surface area contributed by atoms with Crippen molar-refractivity contribution in [1.29, 1.82) is 0 Å². The first-order chi connectivity index (χ1) is 11.3. The predicted octanol–water partition coefficient (Wildman–Crippen LogP) is 2.62. The van der Waals surface area contributed by atoms with Crippen LogP contribution in [-0.2, 0) is 13.1 Å². The van der Waals surface area contributed by atoms with Gasteiger partial charge in [-0.2, -0.15) is 0 Å². The number of hydrogen-bond donors (Lipinski definition) is 2. The van der Waals surface area contributed by atoms with E-state index in [1.807, 2.05) is 31.3 Å². The summed E-state index contributed by atoms with van der Waals surface area (Å²) in [5, 5.41) is 6.48. The van der Waals surface area contributed by atoms with E-state index in [9.17, 15) is 4.39 Å². The lowest BCUT2D eigenvalue weighted by molar-refractivity contribution is 0.233. The highest BCUT2D eigenvalue weighted by molar-refractivity contribution is 5.65. The van der Waals surface area contributed by atoms with Crippen LogP contribution in [0, 0.1) is 5.82 Å². The largest absolute Gasteiger partial charge is 0.316 e. The Kier molecular flexibility index (Phi) is 5.39. The molecule has 1 saturated heterocycles. The van der Waals surface area contributed by atoms with Crippen molar-refractivity contribution < 1.29 is 4.39 Å². The Balaban J connectivity index is 1.82. The Morgan fingerprint density at radius 2 is 1.91 bits per heavy atom. The van der Waals surface area contributed by atoms with Crippen LogP contribution in [0.2, 0.25) is 0 Å². The van der Waals surface area contributed by atoms with E-state index in [2.05, 4.69) is 27.7 Å². The van der Waals surface area contributed by atoms with Gasteiger partial charge in [0.2, 0.25) is 0 Å². The van der Waals surface area contributed by atoms with Crippen molar-refractivity contribution in [2.24, 2.45) is 0 Å². The fourth-order valence-corrected chi connectivity index (χ4v) is 3.07. The Labute approximate surface area is 137 Å². The van der Waals surface area contributed by atoms with Crippen molar-refractivity contribution in [3.8, 4) is 11.1 Å². The van der Waals surface area contributed by atoms with E-state index in [1.165, 1.54) is 5.56 Å². The van der Waals surface area contributed by atoms with E-state index in [4.69, 9.17) is 0 Å². The van der Waals surface area contributed by atoms with Crippen molar-refractivity contribution in [2.45, 2.75) is 13.1 Å². The van der Waals surface area contributed by atoms with Gasteiger partial charge in [-0.05, 0) is 41.9 Å². The standard InChI is InChI=1S/C19H24FN3/c1-21-13-15-5-6-19(20)18(12-15)17-4-2-3-16(11-17)14-23-9-7-22-8-10-23/h2-6,11-12,21-22H,7-10,13-14H2,1H3. The van der Waals surface area contributed by atoms with Crippen molar-refractivity contribution in [1.82, 2.24) is 15.5 Å². The molecule has 0 radical (unpaired) electrons. The SMILES string of the molecule is CNCc1ccc(F)c(-c2cccc(CN3CCNCC3)c2)c1. The highest BCUT2D eigenvalue weighted by atomic mass is 19.1. The summed E-state index contributed by atoms with van der Waals surface area (Å²) in [6, 6.07) is 13.6. The summed E-state index contributed by atoms with van der Waals surface area (Å²) in [6.45, 7) is 5.88. The van der Waals surface area contributed by atoms with Gasteiger partial charge in [-0.15, -0.1) is 0 Å². The van der Waals surface area contributed by atoms with Crippen molar-refractivity contribution >= 4 is 0 Å². The zero-order valence-electron chi connectivity index (χ0n) is 13.6. The molecule has 2 N–H and O–H groups in total. The highest BCUT2D eigenvalue weighted by Crippen LogP contribution is 2.25. The Morgan fingerprint density at radius 3 is 2.70 bits per heavy atom. The molecule has 1 aliphatic heterocycles. The van der Waals surface area contributed by atoms with Gasteiger partial charge < -0.3 is 10.6 Å². The number of halogens is 1. The fraction of sp³-hybridized carbons (Fsp3) is 0.368. The predicted molar refractivity (Wildman–Crippen MR) is 92.7 cm³/mol. The number of nitrogens with one attached hydrogen (secondary N) is 2. The van der Waals surface area contributed by atoms with Gasteiger partial charge >= 0.3 is 0 Å². The summed E-state index contributed by atoms with van der Waals surface area (Å²) in [7, 11) is 1.90. The Bertz CT molecular complexity index is 651. The number of rotatable bonds is 5. The molecule has 0 bridgehead atoms. The van der Waals surface area contributed by atoms with E-state index >= 15 is 0 Å². The van der Waals surface area contributed by atoms with Crippen molar-refractivity contribution in [3.05, 3.63) is 59.4 Å². The molecule has 1 fully saturated rings. The zero-order chi connectivity index (χ0) is 16.1.